The van der Waals surface area contributed by atoms with E-state index in [1.165, 1.54) is 43.4 Å². The molecule has 0 aliphatic rings. The number of hydrogen-bond acceptors (Lipinski definition) is 2. The molecule has 0 radical (unpaired) electrons. The zero-order chi connectivity index (χ0) is 37.0. The molecule has 10 rings (SSSR count). The van der Waals surface area contributed by atoms with Crippen molar-refractivity contribution in [3.05, 3.63) is 188 Å². The van der Waals surface area contributed by atoms with Crippen LogP contribution in [0.15, 0.2) is 192 Å². The molecule has 260 valence electrons. The average molecular weight is 723 g/mol. The first kappa shape index (κ1) is 32.6. The van der Waals surface area contributed by atoms with Crippen LogP contribution in [0.2, 0.25) is 0 Å². The number of aromatic nitrogens is 3. The van der Waals surface area contributed by atoms with E-state index in [4.69, 9.17) is 0 Å². The largest absolute Gasteiger partial charge is 0.309 e. The van der Waals surface area contributed by atoms with Gasteiger partial charge in [-0.1, -0.05) is 85.1 Å². The SMILES string of the molecule is C=C/C=C(\C=C/C)n1c2ccccc2c2cc3c(cc21)c1cc2c(cc1n3-c1ccc(Sc3ccc(C#N)cc3)cc1)c1ccccc1n2-c1ccccc1. The smallest absolute Gasteiger partial charge is 0.0991 e. The Hall–Kier alpha value is -7.00. The molecule has 0 bridgehead atoms. The molecular weight excluding hydrogens is 689 g/mol. The molecule has 0 aliphatic carbocycles. The third-order valence-corrected chi connectivity index (χ3v) is 11.6. The molecule has 0 aliphatic heterocycles. The van der Waals surface area contributed by atoms with Crippen LogP contribution in [0, 0.1) is 11.3 Å². The standard InChI is InChI=1S/C50H34N4S/c1-3-12-34(13-4-2)52-45-18-10-8-16-39(45)41-28-49-43(30-47(41)52)44-31-48-42(40-17-9-11-19-46(40)53(48)35-14-6-5-7-15-35)29-50(44)54(49)36-22-26-38(27-23-36)55-37-24-20-33(32-51)21-25-37/h3-31H,1H2,2H3/b13-4-,34-12+. The molecule has 10 aromatic rings. The fourth-order valence-electron chi connectivity index (χ4n) is 8.24. The molecule has 0 fully saturated rings. The summed E-state index contributed by atoms with van der Waals surface area (Å²) in [7, 11) is 0. The number of hydrogen-bond donors (Lipinski definition) is 0. The number of fused-ring (bicyclic) bond motifs is 9. The van der Waals surface area contributed by atoms with Crippen LogP contribution in [-0.2, 0) is 0 Å². The summed E-state index contributed by atoms with van der Waals surface area (Å²) in [5.41, 5.74) is 10.9. The zero-order valence-electron chi connectivity index (χ0n) is 30.1. The van der Waals surface area contributed by atoms with Crippen molar-refractivity contribution in [1.29, 1.82) is 5.26 Å². The van der Waals surface area contributed by atoms with Gasteiger partial charge in [-0.3, -0.25) is 0 Å². The molecule has 5 heteroatoms. The van der Waals surface area contributed by atoms with Gasteiger partial charge in [-0.05, 0) is 116 Å². The van der Waals surface area contributed by atoms with Crippen LogP contribution in [0.5, 0.6) is 0 Å². The molecule has 7 aromatic carbocycles. The van der Waals surface area contributed by atoms with Crippen molar-refractivity contribution in [3.8, 4) is 17.4 Å². The summed E-state index contributed by atoms with van der Waals surface area (Å²) in [6, 6.07) is 56.5. The lowest BCUT2D eigenvalue weighted by Gasteiger charge is -2.11. The molecule has 0 spiro atoms. The summed E-state index contributed by atoms with van der Waals surface area (Å²) in [5, 5.41) is 16.5. The molecule has 55 heavy (non-hydrogen) atoms. The van der Waals surface area contributed by atoms with Gasteiger partial charge in [0, 0.05) is 59.2 Å². The van der Waals surface area contributed by atoms with Crippen molar-refractivity contribution in [1.82, 2.24) is 13.7 Å². The van der Waals surface area contributed by atoms with Crippen LogP contribution < -0.4 is 0 Å². The third kappa shape index (κ3) is 5.22. The van der Waals surface area contributed by atoms with Gasteiger partial charge < -0.3 is 13.7 Å². The van der Waals surface area contributed by atoms with Crippen molar-refractivity contribution < 1.29 is 0 Å². The summed E-state index contributed by atoms with van der Waals surface area (Å²) < 4.78 is 7.20. The number of nitriles is 1. The van der Waals surface area contributed by atoms with Crippen LogP contribution in [-0.4, -0.2) is 13.7 Å². The quantitative estimate of drug-likeness (QED) is 0.154. The third-order valence-electron chi connectivity index (χ3n) is 10.6. The van der Waals surface area contributed by atoms with E-state index >= 15 is 0 Å². The normalized spacial score (nSPS) is 12.3. The lowest BCUT2D eigenvalue weighted by atomic mass is 10.1. The van der Waals surface area contributed by atoms with Gasteiger partial charge in [-0.2, -0.15) is 5.26 Å². The first-order valence-corrected chi connectivity index (χ1v) is 19.2. The Morgan fingerprint density at radius 1 is 0.545 bits per heavy atom. The lowest BCUT2D eigenvalue weighted by molar-refractivity contribution is 1.17. The van der Waals surface area contributed by atoms with Crippen molar-refractivity contribution in [2.45, 2.75) is 16.7 Å². The van der Waals surface area contributed by atoms with Gasteiger partial charge in [0.15, 0.2) is 0 Å². The van der Waals surface area contributed by atoms with E-state index in [1.54, 1.807) is 11.8 Å². The average Bonchev–Trinajstić information content (AvgIpc) is 3.84. The van der Waals surface area contributed by atoms with Crippen LogP contribution in [0.1, 0.15) is 12.5 Å². The number of nitrogens with zero attached hydrogens (tertiary/aromatic N) is 4. The maximum atomic E-state index is 9.26. The maximum Gasteiger partial charge on any atom is 0.0991 e. The molecule has 0 saturated heterocycles. The van der Waals surface area contributed by atoms with Gasteiger partial charge in [0.2, 0.25) is 0 Å². The van der Waals surface area contributed by atoms with Crippen LogP contribution in [0.3, 0.4) is 0 Å². The summed E-state index contributed by atoms with van der Waals surface area (Å²) in [6.07, 6.45) is 8.19. The van der Waals surface area contributed by atoms with E-state index in [1.807, 2.05) is 30.3 Å². The monoisotopic (exact) mass is 722 g/mol. The van der Waals surface area contributed by atoms with Gasteiger partial charge in [-0.15, -0.1) is 0 Å². The van der Waals surface area contributed by atoms with Gasteiger partial charge >= 0.3 is 0 Å². The highest BCUT2D eigenvalue weighted by atomic mass is 32.2. The minimum Gasteiger partial charge on any atom is -0.309 e. The molecule has 3 heterocycles. The molecule has 4 nitrogen and oxygen atoms in total. The highest BCUT2D eigenvalue weighted by Crippen LogP contribution is 2.43. The van der Waals surface area contributed by atoms with Crippen LogP contribution in [0.4, 0.5) is 0 Å². The molecule has 0 saturated carbocycles. The summed E-state index contributed by atoms with van der Waals surface area (Å²) in [4.78, 5) is 2.24. The Kier molecular flexibility index (Phi) is 7.80. The minimum absolute atomic E-state index is 0.666. The lowest BCUT2D eigenvalue weighted by Crippen LogP contribution is -1.95. The Morgan fingerprint density at radius 2 is 1.04 bits per heavy atom. The van der Waals surface area contributed by atoms with Gasteiger partial charge in [0.25, 0.3) is 0 Å². The first-order chi connectivity index (χ1) is 27.1. The van der Waals surface area contributed by atoms with Gasteiger partial charge in [0.05, 0.1) is 44.7 Å². The second kappa shape index (κ2) is 13.1. The number of benzene rings is 7. The highest BCUT2D eigenvalue weighted by Gasteiger charge is 2.21. The van der Waals surface area contributed by atoms with E-state index in [0.29, 0.717) is 5.56 Å². The number of rotatable bonds is 7. The molecular formula is C50H34N4S. The fourth-order valence-corrected chi connectivity index (χ4v) is 9.06. The first-order valence-electron chi connectivity index (χ1n) is 18.4. The second-order valence-corrected chi connectivity index (χ2v) is 14.9. The maximum absolute atomic E-state index is 9.26. The van der Waals surface area contributed by atoms with E-state index in [-0.39, 0.29) is 0 Å². The molecule has 0 atom stereocenters. The zero-order valence-corrected chi connectivity index (χ0v) is 31.0. The predicted octanol–water partition coefficient (Wildman–Crippen LogP) is 13.6. The van der Waals surface area contributed by atoms with E-state index in [9.17, 15) is 5.26 Å². The fraction of sp³-hybridized carbons (Fsp3) is 0.0200. The van der Waals surface area contributed by atoms with E-state index in [2.05, 4.69) is 179 Å². The second-order valence-electron chi connectivity index (χ2n) is 13.7. The number of allylic oxidation sites excluding steroid dienone is 5. The summed E-state index contributed by atoms with van der Waals surface area (Å²) in [5.74, 6) is 0. The van der Waals surface area contributed by atoms with Crippen molar-refractivity contribution in [3.63, 3.8) is 0 Å². The minimum atomic E-state index is 0.666. The Balaban J connectivity index is 1.29. The summed E-state index contributed by atoms with van der Waals surface area (Å²) in [6.45, 7) is 6.11. The molecule has 0 unspecified atom stereocenters. The van der Waals surface area contributed by atoms with E-state index in [0.717, 1.165) is 48.9 Å². The Morgan fingerprint density at radius 3 is 1.65 bits per heavy atom. The Bertz CT molecular complexity index is 3240. The molecule has 0 N–H and O–H groups in total. The van der Waals surface area contributed by atoms with Gasteiger partial charge in [0.1, 0.15) is 0 Å². The van der Waals surface area contributed by atoms with Crippen molar-refractivity contribution in [2.24, 2.45) is 0 Å². The Labute approximate surface area is 322 Å². The molecule has 3 aromatic heterocycles. The van der Waals surface area contributed by atoms with Crippen molar-refractivity contribution >= 4 is 82.9 Å². The molecule has 0 amide bonds. The number of para-hydroxylation sites is 3. The van der Waals surface area contributed by atoms with Crippen molar-refractivity contribution in [2.75, 3.05) is 0 Å². The van der Waals surface area contributed by atoms with Crippen LogP contribution in [0.25, 0.3) is 82.5 Å². The van der Waals surface area contributed by atoms with Crippen LogP contribution >= 0.6 is 11.8 Å². The predicted molar refractivity (Wildman–Crippen MR) is 233 cm³/mol. The topological polar surface area (TPSA) is 38.6 Å². The van der Waals surface area contributed by atoms with E-state index < -0.39 is 0 Å². The summed E-state index contributed by atoms with van der Waals surface area (Å²) >= 11 is 1.70. The highest BCUT2D eigenvalue weighted by molar-refractivity contribution is 7.99. The van der Waals surface area contributed by atoms with Gasteiger partial charge in [-0.25, -0.2) is 0 Å².